The number of benzene rings is 1. The molecule has 1 N–H and O–H groups in total. The van der Waals surface area contributed by atoms with E-state index in [4.69, 9.17) is 4.74 Å². The van der Waals surface area contributed by atoms with Gasteiger partial charge in [0.25, 0.3) is 0 Å². The molecule has 0 aliphatic carbocycles. The smallest absolute Gasteiger partial charge is 0.0702 e. The molecule has 0 spiro atoms. The number of hydrogen-bond acceptors (Lipinski definition) is 3. The molecule has 3 rings (SSSR count). The quantitative estimate of drug-likeness (QED) is 0.845. The first-order chi connectivity index (χ1) is 11.5. The highest BCUT2D eigenvalue weighted by Gasteiger charge is 2.20. The maximum Gasteiger partial charge on any atom is 0.0702 e. The van der Waals surface area contributed by atoms with Crippen LogP contribution in [0.15, 0.2) is 18.2 Å². The van der Waals surface area contributed by atoms with Crippen LogP contribution in [0.2, 0.25) is 0 Å². The highest BCUT2D eigenvalue weighted by Crippen LogP contribution is 2.25. The number of aromatic nitrogens is 1. The molecule has 1 aromatic heterocycles. The predicted molar refractivity (Wildman–Crippen MR) is 101 cm³/mol. The van der Waals surface area contributed by atoms with Crippen LogP contribution in [0, 0.1) is 13.8 Å². The molecule has 1 aromatic carbocycles. The van der Waals surface area contributed by atoms with E-state index in [2.05, 4.69) is 60.9 Å². The lowest BCUT2D eigenvalue weighted by molar-refractivity contribution is 0.0684. The first-order valence-electron chi connectivity index (χ1n) is 9.10. The maximum absolute atomic E-state index is 5.88. The second kappa shape index (κ2) is 7.68. The average molecular weight is 329 g/mol. The Kier molecular flexibility index (Phi) is 5.59. The second-order valence-corrected chi connectivity index (χ2v) is 7.39. The number of H-pyrrole nitrogens is 1. The fourth-order valence-corrected chi connectivity index (χ4v) is 3.57. The van der Waals surface area contributed by atoms with Crippen molar-refractivity contribution < 1.29 is 4.74 Å². The third kappa shape index (κ3) is 4.00. The first-order valence-corrected chi connectivity index (χ1v) is 9.10. The minimum atomic E-state index is 0.401. The van der Waals surface area contributed by atoms with Crippen LogP contribution in [0.5, 0.6) is 0 Å². The molecular formula is C20H31N3O. The van der Waals surface area contributed by atoms with Gasteiger partial charge < -0.3 is 14.6 Å². The summed E-state index contributed by atoms with van der Waals surface area (Å²) in [6.45, 7) is 9.45. The Labute approximate surface area is 145 Å². The summed E-state index contributed by atoms with van der Waals surface area (Å²) in [7, 11) is 4.28. The van der Waals surface area contributed by atoms with Gasteiger partial charge in [0, 0.05) is 43.9 Å². The Morgan fingerprint density at radius 2 is 2.04 bits per heavy atom. The van der Waals surface area contributed by atoms with Crippen molar-refractivity contribution >= 4 is 10.9 Å². The Bertz CT molecular complexity index is 671. The number of ether oxygens (including phenoxy) is 1. The third-order valence-corrected chi connectivity index (χ3v) is 5.17. The van der Waals surface area contributed by atoms with E-state index >= 15 is 0 Å². The minimum absolute atomic E-state index is 0.401. The molecule has 4 heteroatoms. The zero-order valence-corrected chi connectivity index (χ0v) is 15.6. The zero-order valence-electron chi connectivity index (χ0n) is 15.6. The fourth-order valence-electron chi connectivity index (χ4n) is 3.57. The number of aryl methyl sites for hydroxylation is 2. The van der Waals surface area contributed by atoms with Crippen LogP contribution in [0.25, 0.3) is 10.9 Å². The molecule has 1 unspecified atom stereocenters. The molecule has 0 bridgehead atoms. The molecule has 0 amide bonds. The summed E-state index contributed by atoms with van der Waals surface area (Å²) in [5.41, 5.74) is 5.33. The Morgan fingerprint density at radius 1 is 1.21 bits per heavy atom. The van der Waals surface area contributed by atoms with Crippen molar-refractivity contribution in [2.75, 3.05) is 40.3 Å². The number of aromatic amines is 1. The molecule has 132 valence electrons. The second-order valence-electron chi connectivity index (χ2n) is 7.39. The predicted octanol–water partition coefficient (Wildman–Crippen LogP) is 3.33. The molecule has 1 aliphatic rings. The van der Waals surface area contributed by atoms with E-state index in [1.165, 1.54) is 40.6 Å². The van der Waals surface area contributed by atoms with Gasteiger partial charge in [0.2, 0.25) is 0 Å². The van der Waals surface area contributed by atoms with Crippen LogP contribution in [-0.2, 0) is 11.3 Å². The van der Waals surface area contributed by atoms with Crippen molar-refractivity contribution in [2.24, 2.45) is 0 Å². The Hall–Kier alpha value is -1.36. The number of nitrogens with one attached hydrogen (secondary N) is 1. The summed E-state index contributed by atoms with van der Waals surface area (Å²) < 4.78 is 5.88. The summed E-state index contributed by atoms with van der Waals surface area (Å²) in [5.74, 6) is 0. The summed E-state index contributed by atoms with van der Waals surface area (Å²) in [4.78, 5) is 8.40. The molecule has 1 atom stereocenters. The van der Waals surface area contributed by atoms with Crippen molar-refractivity contribution in [1.82, 2.24) is 14.8 Å². The number of fused-ring (bicyclic) bond motifs is 1. The summed E-state index contributed by atoms with van der Waals surface area (Å²) in [6.07, 6.45) is 2.80. The molecule has 2 aromatic rings. The van der Waals surface area contributed by atoms with Crippen molar-refractivity contribution in [3.05, 3.63) is 35.0 Å². The molecule has 1 saturated heterocycles. The van der Waals surface area contributed by atoms with Gasteiger partial charge in [-0.2, -0.15) is 0 Å². The Balaban J connectivity index is 1.79. The van der Waals surface area contributed by atoms with Gasteiger partial charge in [0.15, 0.2) is 0 Å². The summed E-state index contributed by atoms with van der Waals surface area (Å²) in [6, 6.07) is 6.67. The SMILES string of the molecule is Cc1[nH]c2c(CN(CCN(C)C)CC3CCCO3)cccc2c1C. The van der Waals surface area contributed by atoms with Gasteiger partial charge in [-0.1, -0.05) is 18.2 Å². The van der Waals surface area contributed by atoms with Crippen molar-refractivity contribution in [3.63, 3.8) is 0 Å². The number of rotatable bonds is 7. The lowest BCUT2D eigenvalue weighted by atomic mass is 10.1. The van der Waals surface area contributed by atoms with Gasteiger partial charge in [-0.15, -0.1) is 0 Å². The van der Waals surface area contributed by atoms with E-state index in [0.717, 1.165) is 32.8 Å². The van der Waals surface area contributed by atoms with Gasteiger partial charge in [0.1, 0.15) is 0 Å². The van der Waals surface area contributed by atoms with Gasteiger partial charge in [-0.05, 0) is 51.9 Å². The Morgan fingerprint density at radius 3 is 2.75 bits per heavy atom. The largest absolute Gasteiger partial charge is 0.377 e. The topological polar surface area (TPSA) is 31.5 Å². The van der Waals surface area contributed by atoms with Gasteiger partial charge in [0.05, 0.1) is 11.6 Å². The number of nitrogens with zero attached hydrogens (tertiary/aromatic N) is 2. The van der Waals surface area contributed by atoms with Gasteiger partial charge in [-0.3, -0.25) is 4.90 Å². The van der Waals surface area contributed by atoms with Crippen molar-refractivity contribution in [3.8, 4) is 0 Å². The van der Waals surface area contributed by atoms with E-state index < -0.39 is 0 Å². The number of likely N-dealkylation sites (N-methyl/N-ethyl adjacent to an activating group) is 1. The molecule has 1 fully saturated rings. The number of para-hydroxylation sites is 1. The van der Waals surface area contributed by atoms with Crippen LogP contribution in [0.1, 0.15) is 29.7 Å². The maximum atomic E-state index is 5.88. The van der Waals surface area contributed by atoms with Crippen LogP contribution in [0.4, 0.5) is 0 Å². The zero-order chi connectivity index (χ0) is 17.1. The third-order valence-electron chi connectivity index (χ3n) is 5.17. The molecule has 1 aliphatic heterocycles. The molecule has 0 radical (unpaired) electrons. The fraction of sp³-hybridized carbons (Fsp3) is 0.600. The lowest BCUT2D eigenvalue weighted by Gasteiger charge is -2.27. The van der Waals surface area contributed by atoms with E-state index in [0.29, 0.717) is 6.10 Å². The van der Waals surface area contributed by atoms with Crippen molar-refractivity contribution in [2.45, 2.75) is 39.3 Å². The normalized spacial score (nSPS) is 18.3. The average Bonchev–Trinajstić information content (AvgIpc) is 3.15. The highest BCUT2D eigenvalue weighted by atomic mass is 16.5. The van der Waals surface area contributed by atoms with Crippen LogP contribution in [-0.4, -0.2) is 61.2 Å². The van der Waals surface area contributed by atoms with Crippen LogP contribution >= 0.6 is 0 Å². The summed E-state index contributed by atoms with van der Waals surface area (Å²) >= 11 is 0. The number of hydrogen-bond donors (Lipinski definition) is 1. The standard InChI is InChI=1S/C20H31N3O/c1-15-16(2)21-20-17(7-5-9-19(15)20)13-23(11-10-22(3)4)14-18-8-6-12-24-18/h5,7,9,18,21H,6,8,10-14H2,1-4H3. The minimum Gasteiger partial charge on any atom is -0.377 e. The molecular weight excluding hydrogens is 298 g/mol. The van der Waals surface area contributed by atoms with Crippen LogP contribution < -0.4 is 0 Å². The van der Waals surface area contributed by atoms with Crippen LogP contribution in [0.3, 0.4) is 0 Å². The van der Waals surface area contributed by atoms with Gasteiger partial charge in [-0.25, -0.2) is 0 Å². The molecule has 2 heterocycles. The first kappa shape index (κ1) is 17.5. The summed E-state index contributed by atoms with van der Waals surface area (Å²) in [5, 5.41) is 1.36. The van der Waals surface area contributed by atoms with Crippen molar-refractivity contribution in [1.29, 1.82) is 0 Å². The molecule has 0 saturated carbocycles. The highest BCUT2D eigenvalue weighted by molar-refractivity contribution is 5.87. The van der Waals surface area contributed by atoms with E-state index in [1.54, 1.807) is 0 Å². The van der Waals surface area contributed by atoms with E-state index in [1.807, 2.05) is 0 Å². The molecule has 4 nitrogen and oxygen atoms in total. The molecule has 24 heavy (non-hydrogen) atoms. The lowest BCUT2D eigenvalue weighted by Crippen LogP contribution is -2.36. The van der Waals surface area contributed by atoms with E-state index in [9.17, 15) is 0 Å². The van der Waals surface area contributed by atoms with E-state index in [-0.39, 0.29) is 0 Å². The monoisotopic (exact) mass is 329 g/mol. The van der Waals surface area contributed by atoms with Gasteiger partial charge >= 0.3 is 0 Å².